The summed E-state index contributed by atoms with van der Waals surface area (Å²) in [6, 6.07) is 1.99. The lowest BCUT2D eigenvalue weighted by atomic mass is 10.2. The van der Waals surface area contributed by atoms with Crippen molar-refractivity contribution in [2.75, 3.05) is 6.54 Å². The van der Waals surface area contributed by atoms with Crippen molar-refractivity contribution in [3.63, 3.8) is 0 Å². The van der Waals surface area contributed by atoms with Gasteiger partial charge in [0.25, 0.3) is 0 Å². The second-order valence-electron chi connectivity index (χ2n) is 4.95. The van der Waals surface area contributed by atoms with Crippen molar-refractivity contribution in [1.29, 1.82) is 0 Å². The second kappa shape index (κ2) is 5.03. The van der Waals surface area contributed by atoms with Crippen LogP contribution in [-0.4, -0.2) is 31.3 Å². The van der Waals surface area contributed by atoms with E-state index in [4.69, 9.17) is 5.11 Å². The van der Waals surface area contributed by atoms with E-state index >= 15 is 0 Å². The molecule has 0 spiro atoms. The summed E-state index contributed by atoms with van der Waals surface area (Å²) in [4.78, 5) is 8.30. The van der Waals surface area contributed by atoms with Crippen molar-refractivity contribution in [2.24, 2.45) is 0 Å². The predicted molar refractivity (Wildman–Crippen MR) is 73.9 cm³/mol. The molecule has 0 atom stereocenters. The number of aliphatic hydroxyl groups is 1. The number of aliphatic hydroxyl groups excluding tert-OH is 1. The molecule has 102 valence electrons. The van der Waals surface area contributed by atoms with Crippen molar-refractivity contribution in [1.82, 2.24) is 19.7 Å². The Morgan fingerprint density at radius 3 is 2.89 bits per heavy atom. The quantitative estimate of drug-likeness (QED) is 0.923. The van der Waals surface area contributed by atoms with Crippen LogP contribution in [-0.2, 0) is 26.2 Å². The molecule has 0 amide bonds. The van der Waals surface area contributed by atoms with E-state index in [-0.39, 0.29) is 6.61 Å². The van der Waals surface area contributed by atoms with Crippen LogP contribution >= 0.6 is 11.3 Å². The van der Waals surface area contributed by atoms with Gasteiger partial charge in [-0.05, 0) is 19.9 Å². The molecule has 0 saturated carbocycles. The number of hydrogen-bond donors (Lipinski definition) is 1. The molecule has 0 saturated heterocycles. The van der Waals surface area contributed by atoms with Gasteiger partial charge in [0.1, 0.15) is 0 Å². The van der Waals surface area contributed by atoms with Crippen molar-refractivity contribution < 1.29 is 5.11 Å². The van der Waals surface area contributed by atoms with Gasteiger partial charge in [0.15, 0.2) is 0 Å². The van der Waals surface area contributed by atoms with Crippen molar-refractivity contribution in [3.8, 4) is 0 Å². The smallest absolute Gasteiger partial charge is 0.0900 e. The maximum absolute atomic E-state index is 9.13. The van der Waals surface area contributed by atoms with E-state index in [1.54, 1.807) is 11.3 Å². The van der Waals surface area contributed by atoms with E-state index in [9.17, 15) is 0 Å². The molecule has 1 aliphatic heterocycles. The summed E-state index contributed by atoms with van der Waals surface area (Å²) in [5.41, 5.74) is 3.13. The van der Waals surface area contributed by atoms with Gasteiger partial charge in [0.2, 0.25) is 0 Å². The Bertz CT molecular complexity index is 589. The molecule has 0 fully saturated rings. The SMILES string of the molecule is Cc1nc(CN2CCn3nc(CO)cc3C2)c(C)s1. The minimum Gasteiger partial charge on any atom is -0.390 e. The number of thiazole rings is 1. The number of aromatic nitrogens is 3. The fraction of sp³-hybridized carbons (Fsp3) is 0.538. The molecule has 2 aromatic rings. The third kappa shape index (κ3) is 2.56. The van der Waals surface area contributed by atoms with Crippen LogP contribution in [0.1, 0.15) is 27.0 Å². The third-order valence-electron chi connectivity index (χ3n) is 3.46. The maximum atomic E-state index is 9.13. The van der Waals surface area contributed by atoms with Gasteiger partial charge >= 0.3 is 0 Å². The number of hydrogen-bond acceptors (Lipinski definition) is 5. The predicted octanol–water partition coefficient (Wildman–Crippen LogP) is 1.46. The van der Waals surface area contributed by atoms with Gasteiger partial charge in [-0.3, -0.25) is 9.58 Å². The molecule has 5 nitrogen and oxygen atoms in total. The molecule has 1 aliphatic rings. The topological polar surface area (TPSA) is 54.2 Å². The zero-order chi connectivity index (χ0) is 13.4. The number of nitrogens with zero attached hydrogens (tertiary/aromatic N) is 4. The first kappa shape index (κ1) is 12.8. The van der Waals surface area contributed by atoms with E-state index < -0.39 is 0 Å². The molecule has 1 N–H and O–H groups in total. The van der Waals surface area contributed by atoms with Crippen LogP contribution in [0.4, 0.5) is 0 Å². The summed E-state index contributed by atoms with van der Waals surface area (Å²) in [5, 5.41) is 14.6. The molecule has 0 radical (unpaired) electrons. The molecule has 2 aromatic heterocycles. The zero-order valence-corrected chi connectivity index (χ0v) is 12.1. The van der Waals surface area contributed by atoms with Gasteiger partial charge in [0.05, 0.1) is 35.2 Å². The Balaban J connectivity index is 1.73. The van der Waals surface area contributed by atoms with Crippen LogP contribution in [0.3, 0.4) is 0 Å². The van der Waals surface area contributed by atoms with E-state index in [1.165, 1.54) is 16.3 Å². The van der Waals surface area contributed by atoms with Gasteiger partial charge in [-0.1, -0.05) is 0 Å². The lowest BCUT2D eigenvalue weighted by molar-refractivity contribution is 0.202. The fourth-order valence-corrected chi connectivity index (χ4v) is 3.35. The van der Waals surface area contributed by atoms with E-state index in [1.807, 2.05) is 10.7 Å². The van der Waals surface area contributed by atoms with Crippen molar-refractivity contribution >= 4 is 11.3 Å². The molecule has 0 aromatic carbocycles. The zero-order valence-electron chi connectivity index (χ0n) is 11.3. The fourth-order valence-electron chi connectivity index (χ4n) is 2.52. The first-order chi connectivity index (χ1) is 9.15. The molecular formula is C13H18N4OS. The first-order valence-electron chi connectivity index (χ1n) is 6.47. The van der Waals surface area contributed by atoms with Crippen LogP contribution in [0, 0.1) is 13.8 Å². The lowest BCUT2D eigenvalue weighted by Crippen LogP contribution is -2.33. The molecular weight excluding hydrogens is 260 g/mol. The maximum Gasteiger partial charge on any atom is 0.0900 e. The average molecular weight is 278 g/mol. The minimum atomic E-state index is 0.0182. The molecule has 3 rings (SSSR count). The first-order valence-corrected chi connectivity index (χ1v) is 7.29. The normalized spacial score (nSPS) is 15.7. The highest BCUT2D eigenvalue weighted by Crippen LogP contribution is 2.21. The summed E-state index contributed by atoms with van der Waals surface area (Å²) in [6.07, 6.45) is 0. The molecule has 0 bridgehead atoms. The largest absolute Gasteiger partial charge is 0.390 e. The third-order valence-corrected chi connectivity index (χ3v) is 4.39. The summed E-state index contributed by atoms with van der Waals surface area (Å²) >= 11 is 1.76. The van der Waals surface area contributed by atoms with Crippen LogP contribution in [0.15, 0.2) is 6.07 Å². The summed E-state index contributed by atoms with van der Waals surface area (Å²) in [6.45, 7) is 7.86. The molecule has 19 heavy (non-hydrogen) atoms. The highest BCUT2D eigenvalue weighted by Gasteiger charge is 2.19. The van der Waals surface area contributed by atoms with Gasteiger partial charge in [-0.25, -0.2) is 4.98 Å². The molecule has 3 heterocycles. The van der Waals surface area contributed by atoms with E-state index in [0.717, 1.165) is 36.9 Å². The van der Waals surface area contributed by atoms with Gasteiger partial charge < -0.3 is 5.11 Å². The molecule has 0 aliphatic carbocycles. The van der Waals surface area contributed by atoms with E-state index in [2.05, 4.69) is 28.8 Å². The summed E-state index contributed by atoms with van der Waals surface area (Å²) < 4.78 is 2.00. The highest BCUT2D eigenvalue weighted by molar-refractivity contribution is 7.11. The summed E-state index contributed by atoms with van der Waals surface area (Å²) in [7, 11) is 0. The second-order valence-corrected chi connectivity index (χ2v) is 6.36. The monoisotopic (exact) mass is 278 g/mol. The number of rotatable bonds is 3. The summed E-state index contributed by atoms with van der Waals surface area (Å²) in [5.74, 6) is 0. The Morgan fingerprint density at radius 2 is 2.21 bits per heavy atom. The van der Waals surface area contributed by atoms with Gasteiger partial charge in [0, 0.05) is 24.5 Å². The minimum absolute atomic E-state index is 0.0182. The Morgan fingerprint density at radius 1 is 1.37 bits per heavy atom. The molecule has 6 heteroatoms. The molecule has 0 unspecified atom stereocenters. The number of aryl methyl sites for hydroxylation is 2. The van der Waals surface area contributed by atoms with Crippen LogP contribution < -0.4 is 0 Å². The lowest BCUT2D eigenvalue weighted by Gasteiger charge is -2.27. The highest BCUT2D eigenvalue weighted by atomic mass is 32.1. The van der Waals surface area contributed by atoms with E-state index in [0.29, 0.717) is 0 Å². The Hall–Kier alpha value is -1.24. The average Bonchev–Trinajstić information content (AvgIpc) is 2.92. The van der Waals surface area contributed by atoms with Crippen LogP contribution in [0.25, 0.3) is 0 Å². The standard InChI is InChI=1S/C13H18N4OS/c1-9-13(14-10(2)19-9)7-16-3-4-17-12(6-16)5-11(8-18)15-17/h5,18H,3-4,6-8H2,1-2H3. The van der Waals surface area contributed by atoms with Crippen molar-refractivity contribution in [3.05, 3.63) is 33.0 Å². The van der Waals surface area contributed by atoms with Gasteiger partial charge in [-0.15, -0.1) is 11.3 Å². The van der Waals surface area contributed by atoms with Crippen LogP contribution in [0.5, 0.6) is 0 Å². The Labute approximate surface area is 116 Å². The number of fused-ring (bicyclic) bond motifs is 1. The Kier molecular flexibility index (Phi) is 3.38. The van der Waals surface area contributed by atoms with Gasteiger partial charge in [-0.2, -0.15) is 5.10 Å². The van der Waals surface area contributed by atoms with Crippen molar-refractivity contribution in [2.45, 2.75) is 40.1 Å². The van der Waals surface area contributed by atoms with Crippen LogP contribution in [0.2, 0.25) is 0 Å².